The van der Waals surface area contributed by atoms with Crippen LogP contribution in [-0.4, -0.2) is 35.6 Å². The first kappa shape index (κ1) is 19.8. The molecule has 28 heavy (non-hydrogen) atoms. The molecular weight excluding hydrogens is 378 g/mol. The van der Waals surface area contributed by atoms with Crippen LogP contribution in [0.1, 0.15) is 12.5 Å². The number of thioether (sulfide) groups is 1. The number of nitrogens with one attached hydrogen (secondary N) is 1. The summed E-state index contributed by atoms with van der Waals surface area (Å²) in [4.78, 5) is 12.3. The van der Waals surface area contributed by atoms with Crippen LogP contribution in [0.15, 0.2) is 58.2 Å². The van der Waals surface area contributed by atoms with Gasteiger partial charge >= 0.3 is 0 Å². The molecule has 0 radical (unpaired) electrons. The van der Waals surface area contributed by atoms with Crippen LogP contribution in [0, 0.1) is 0 Å². The SMILES string of the molecule is COc1ccc(CNC(=O)[C@@H](C)Sc2nnc(-c3ccc(OC)cc3)o2)cc1. The summed E-state index contributed by atoms with van der Waals surface area (Å²) in [6, 6.07) is 14.9. The van der Waals surface area contributed by atoms with Crippen molar-refractivity contribution in [3.63, 3.8) is 0 Å². The first-order valence-electron chi connectivity index (χ1n) is 8.64. The van der Waals surface area contributed by atoms with E-state index in [1.54, 1.807) is 21.1 Å². The van der Waals surface area contributed by atoms with Crippen LogP contribution < -0.4 is 14.8 Å². The van der Waals surface area contributed by atoms with Gasteiger partial charge in [0, 0.05) is 12.1 Å². The zero-order valence-corrected chi connectivity index (χ0v) is 16.7. The minimum atomic E-state index is -0.373. The summed E-state index contributed by atoms with van der Waals surface area (Å²) in [7, 11) is 3.23. The van der Waals surface area contributed by atoms with E-state index in [2.05, 4.69) is 15.5 Å². The van der Waals surface area contributed by atoms with Crippen LogP contribution in [0.4, 0.5) is 0 Å². The van der Waals surface area contributed by atoms with Crippen LogP contribution in [0.2, 0.25) is 0 Å². The molecule has 7 nitrogen and oxygen atoms in total. The van der Waals surface area contributed by atoms with Crippen LogP contribution in [0.25, 0.3) is 11.5 Å². The molecule has 0 aliphatic carbocycles. The zero-order chi connectivity index (χ0) is 19.9. The summed E-state index contributed by atoms with van der Waals surface area (Å²) in [5.74, 6) is 1.82. The standard InChI is InChI=1S/C20H21N3O4S/c1-13(18(24)21-12-14-4-8-16(25-2)9-5-14)28-20-23-22-19(27-20)15-6-10-17(26-3)11-7-15/h4-11,13H,12H2,1-3H3,(H,21,24)/t13-/m1/s1. The van der Waals surface area contributed by atoms with E-state index in [0.29, 0.717) is 17.7 Å². The van der Waals surface area contributed by atoms with Crippen molar-refractivity contribution in [3.8, 4) is 23.0 Å². The average molecular weight is 399 g/mol. The molecule has 0 spiro atoms. The highest BCUT2D eigenvalue weighted by atomic mass is 32.2. The Hall–Kier alpha value is -3.00. The van der Waals surface area contributed by atoms with E-state index >= 15 is 0 Å². The second-order valence-electron chi connectivity index (χ2n) is 5.93. The van der Waals surface area contributed by atoms with Crippen molar-refractivity contribution in [2.45, 2.75) is 23.9 Å². The molecule has 0 saturated carbocycles. The highest BCUT2D eigenvalue weighted by Crippen LogP contribution is 2.27. The number of aromatic nitrogens is 2. The van der Waals surface area contributed by atoms with Crippen molar-refractivity contribution >= 4 is 17.7 Å². The third kappa shape index (κ3) is 5.04. The lowest BCUT2D eigenvalue weighted by molar-refractivity contribution is -0.120. The van der Waals surface area contributed by atoms with Gasteiger partial charge in [-0.05, 0) is 48.9 Å². The summed E-state index contributed by atoms with van der Waals surface area (Å²) >= 11 is 1.22. The molecule has 1 N–H and O–H groups in total. The maximum absolute atomic E-state index is 12.3. The molecule has 146 valence electrons. The van der Waals surface area contributed by atoms with Gasteiger partial charge in [-0.25, -0.2) is 0 Å². The van der Waals surface area contributed by atoms with Crippen molar-refractivity contribution in [2.75, 3.05) is 14.2 Å². The van der Waals surface area contributed by atoms with Crippen LogP contribution >= 0.6 is 11.8 Å². The molecule has 0 aliphatic heterocycles. The molecule has 0 fully saturated rings. The Morgan fingerprint density at radius 2 is 1.64 bits per heavy atom. The van der Waals surface area contributed by atoms with Gasteiger partial charge in [0.25, 0.3) is 5.22 Å². The fraction of sp³-hybridized carbons (Fsp3) is 0.250. The molecule has 3 aromatic rings. The minimum absolute atomic E-state index is 0.106. The Morgan fingerprint density at radius 1 is 1.04 bits per heavy atom. The topological polar surface area (TPSA) is 86.5 Å². The van der Waals surface area contributed by atoms with E-state index in [4.69, 9.17) is 13.9 Å². The quantitative estimate of drug-likeness (QED) is 0.580. The molecule has 1 heterocycles. The Balaban J connectivity index is 1.54. The Bertz CT molecular complexity index is 910. The number of hydrogen-bond donors (Lipinski definition) is 1. The number of carbonyl (C=O) groups excluding carboxylic acids is 1. The first-order chi connectivity index (χ1) is 13.6. The average Bonchev–Trinajstić information content (AvgIpc) is 3.20. The molecule has 1 atom stereocenters. The van der Waals surface area contributed by atoms with Gasteiger partial charge in [0.1, 0.15) is 11.5 Å². The number of amides is 1. The molecule has 2 aromatic carbocycles. The van der Waals surface area contributed by atoms with Gasteiger partial charge in [-0.2, -0.15) is 0 Å². The summed E-state index contributed by atoms with van der Waals surface area (Å²) < 4.78 is 15.9. The maximum atomic E-state index is 12.3. The number of methoxy groups -OCH3 is 2. The zero-order valence-electron chi connectivity index (χ0n) is 15.8. The van der Waals surface area contributed by atoms with Crippen LogP contribution in [0.3, 0.4) is 0 Å². The molecule has 0 saturated heterocycles. The normalized spacial score (nSPS) is 11.7. The Kier molecular flexibility index (Phi) is 6.54. The smallest absolute Gasteiger partial charge is 0.277 e. The van der Waals surface area contributed by atoms with Crippen molar-refractivity contribution in [1.29, 1.82) is 0 Å². The molecule has 0 bridgehead atoms. The predicted molar refractivity (Wildman–Crippen MR) is 106 cm³/mol. The molecule has 3 rings (SSSR count). The third-order valence-corrected chi connectivity index (χ3v) is 4.95. The highest BCUT2D eigenvalue weighted by molar-refractivity contribution is 8.00. The van der Waals surface area contributed by atoms with Crippen molar-refractivity contribution in [1.82, 2.24) is 15.5 Å². The van der Waals surface area contributed by atoms with E-state index in [0.717, 1.165) is 22.6 Å². The van der Waals surface area contributed by atoms with Gasteiger partial charge in [0.2, 0.25) is 11.8 Å². The number of benzene rings is 2. The Labute approximate surface area is 167 Å². The fourth-order valence-electron chi connectivity index (χ4n) is 2.39. The summed E-state index contributed by atoms with van der Waals surface area (Å²) in [6.07, 6.45) is 0. The summed E-state index contributed by atoms with van der Waals surface area (Å²) in [6.45, 7) is 2.24. The molecule has 1 aromatic heterocycles. The third-order valence-electron chi connectivity index (χ3n) is 4.02. The van der Waals surface area contributed by atoms with E-state index in [-0.39, 0.29) is 11.2 Å². The number of hydrogen-bond acceptors (Lipinski definition) is 7. The first-order valence-corrected chi connectivity index (χ1v) is 9.52. The number of nitrogens with zero attached hydrogens (tertiary/aromatic N) is 2. The lowest BCUT2D eigenvalue weighted by Gasteiger charge is -2.10. The summed E-state index contributed by atoms with van der Waals surface area (Å²) in [5.41, 5.74) is 1.78. The molecule has 1 amide bonds. The second kappa shape index (κ2) is 9.27. The monoisotopic (exact) mass is 399 g/mol. The van der Waals surface area contributed by atoms with Gasteiger partial charge in [0.15, 0.2) is 0 Å². The number of ether oxygens (including phenoxy) is 2. The van der Waals surface area contributed by atoms with Crippen LogP contribution in [0.5, 0.6) is 11.5 Å². The van der Waals surface area contributed by atoms with Crippen LogP contribution in [-0.2, 0) is 11.3 Å². The lowest BCUT2D eigenvalue weighted by Crippen LogP contribution is -2.30. The Morgan fingerprint density at radius 3 is 2.25 bits per heavy atom. The number of carbonyl (C=O) groups is 1. The maximum Gasteiger partial charge on any atom is 0.277 e. The van der Waals surface area contributed by atoms with E-state index in [1.807, 2.05) is 48.5 Å². The summed E-state index contributed by atoms with van der Waals surface area (Å²) in [5, 5.41) is 10.9. The van der Waals surface area contributed by atoms with E-state index < -0.39 is 0 Å². The largest absolute Gasteiger partial charge is 0.497 e. The van der Waals surface area contributed by atoms with E-state index in [9.17, 15) is 4.79 Å². The second-order valence-corrected chi connectivity index (χ2v) is 7.22. The van der Waals surface area contributed by atoms with Crippen molar-refractivity contribution < 1.29 is 18.7 Å². The van der Waals surface area contributed by atoms with Gasteiger partial charge in [-0.1, -0.05) is 23.9 Å². The molecule has 0 aliphatic rings. The minimum Gasteiger partial charge on any atom is -0.497 e. The van der Waals surface area contributed by atoms with Gasteiger partial charge in [-0.15, -0.1) is 10.2 Å². The van der Waals surface area contributed by atoms with Gasteiger partial charge in [0.05, 0.1) is 19.5 Å². The molecule has 0 unspecified atom stereocenters. The van der Waals surface area contributed by atoms with E-state index in [1.165, 1.54) is 11.8 Å². The molecule has 8 heteroatoms. The predicted octanol–water partition coefficient (Wildman–Crippen LogP) is 3.55. The fourth-order valence-corrected chi connectivity index (χ4v) is 3.10. The number of rotatable bonds is 8. The van der Waals surface area contributed by atoms with Gasteiger partial charge in [-0.3, -0.25) is 4.79 Å². The van der Waals surface area contributed by atoms with Gasteiger partial charge < -0.3 is 19.2 Å². The van der Waals surface area contributed by atoms with Crippen molar-refractivity contribution in [2.24, 2.45) is 0 Å². The van der Waals surface area contributed by atoms with Crippen molar-refractivity contribution in [3.05, 3.63) is 54.1 Å². The molecular formula is C20H21N3O4S. The lowest BCUT2D eigenvalue weighted by atomic mass is 10.2. The highest BCUT2D eigenvalue weighted by Gasteiger charge is 2.18.